The molecule has 0 amide bonds. The fraction of sp³-hybridized carbons (Fsp3) is 0.600. The third-order valence-electron chi connectivity index (χ3n) is 3.94. The van der Waals surface area contributed by atoms with Crippen molar-refractivity contribution in [1.82, 2.24) is 0 Å². The van der Waals surface area contributed by atoms with Gasteiger partial charge in [0.05, 0.1) is 0 Å². The van der Waals surface area contributed by atoms with E-state index in [9.17, 15) is 0 Å². The number of hydrogen-bond acceptors (Lipinski definition) is 2. The fourth-order valence-corrected chi connectivity index (χ4v) is 2.83. The summed E-state index contributed by atoms with van der Waals surface area (Å²) in [6.45, 7) is 6.75. The van der Waals surface area contributed by atoms with E-state index in [1.165, 1.54) is 12.1 Å². The Hall–Kier alpha value is -0.540. The molecule has 2 unspecified atom stereocenters. The van der Waals surface area contributed by atoms with Gasteiger partial charge >= 0.3 is 0 Å². The summed E-state index contributed by atoms with van der Waals surface area (Å²) in [6, 6.07) is 8.95. The predicted molar refractivity (Wildman–Crippen MR) is 81.9 cm³/mol. The summed E-state index contributed by atoms with van der Waals surface area (Å²) in [4.78, 5) is 2.48. The molecule has 3 heteroatoms. The highest BCUT2D eigenvalue weighted by Crippen LogP contribution is 2.28. The second-order valence-electron chi connectivity index (χ2n) is 5.72. The van der Waals surface area contributed by atoms with Crippen LogP contribution in [0.15, 0.2) is 28.7 Å². The zero-order chi connectivity index (χ0) is 13.1. The molecule has 100 valence electrons. The van der Waals surface area contributed by atoms with Gasteiger partial charge in [0.15, 0.2) is 0 Å². The van der Waals surface area contributed by atoms with E-state index in [1.807, 2.05) is 0 Å². The van der Waals surface area contributed by atoms with E-state index in [4.69, 9.17) is 5.73 Å². The highest BCUT2D eigenvalue weighted by Gasteiger charge is 2.25. The maximum atomic E-state index is 6.18. The Morgan fingerprint density at radius 2 is 2.00 bits per heavy atom. The monoisotopic (exact) mass is 310 g/mol. The van der Waals surface area contributed by atoms with Crippen molar-refractivity contribution in [1.29, 1.82) is 0 Å². The standard InChI is InChI=1S/C15H23BrN2/c1-11(2)15(17)9-12-7-8-18(10-12)14-5-3-13(16)4-6-14/h3-6,11-12,15H,7-10,17H2,1-2H3. The smallest absolute Gasteiger partial charge is 0.0367 e. The van der Waals surface area contributed by atoms with Crippen LogP contribution in [0, 0.1) is 11.8 Å². The molecule has 2 N–H and O–H groups in total. The minimum atomic E-state index is 0.347. The summed E-state index contributed by atoms with van der Waals surface area (Å²) in [5, 5.41) is 0. The van der Waals surface area contributed by atoms with E-state index >= 15 is 0 Å². The summed E-state index contributed by atoms with van der Waals surface area (Å²) in [7, 11) is 0. The van der Waals surface area contributed by atoms with Crippen molar-refractivity contribution in [2.45, 2.75) is 32.7 Å². The van der Waals surface area contributed by atoms with Crippen LogP contribution in [0.4, 0.5) is 5.69 Å². The molecule has 1 fully saturated rings. The molecular formula is C15H23BrN2. The van der Waals surface area contributed by atoms with Gasteiger partial charge in [0, 0.05) is 29.3 Å². The summed E-state index contributed by atoms with van der Waals surface area (Å²) >= 11 is 3.48. The van der Waals surface area contributed by atoms with Crippen molar-refractivity contribution in [2.75, 3.05) is 18.0 Å². The Morgan fingerprint density at radius 1 is 1.33 bits per heavy atom. The van der Waals surface area contributed by atoms with Gasteiger partial charge in [0.1, 0.15) is 0 Å². The zero-order valence-electron chi connectivity index (χ0n) is 11.3. The Labute approximate surface area is 119 Å². The number of halogens is 1. The minimum absolute atomic E-state index is 0.347. The van der Waals surface area contributed by atoms with Gasteiger partial charge in [0.25, 0.3) is 0 Å². The van der Waals surface area contributed by atoms with E-state index in [0.29, 0.717) is 12.0 Å². The Bertz CT molecular complexity index is 375. The maximum absolute atomic E-state index is 6.18. The molecule has 0 bridgehead atoms. The number of anilines is 1. The molecule has 1 aliphatic rings. The van der Waals surface area contributed by atoms with E-state index < -0.39 is 0 Å². The van der Waals surface area contributed by atoms with Gasteiger partial charge in [-0.2, -0.15) is 0 Å². The molecule has 18 heavy (non-hydrogen) atoms. The average Bonchev–Trinajstić information content (AvgIpc) is 2.78. The van der Waals surface area contributed by atoms with E-state index in [0.717, 1.165) is 29.9 Å². The molecule has 1 aromatic carbocycles. The van der Waals surface area contributed by atoms with E-state index in [1.54, 1.807) is 0 Å². The molecule has 1 aromatic rings. The van der Waals surface area contributed by atoms with Crippen LogP contribution in [0.3, 0.4) is 0 Å². The molecule has 1 heterocycles. The van der Waals surface area contributed by atoms with Gasteiger partial charge in [-0.1, -0.05) is 29.8 Å². The van der Waals surface area contributed by atoms with Crippen LogP contribution in [0.2, 0.25) is 0 Å². The van der Waals surface area contributed by atoms with Crippen molar-refractivity contribution in [2.24, 2.45) is 17.6 Å². The van der Waals surface area contributed by atoms with Crippen molar-refractivity contribution in [3.8, 4) is 0 Å². The molecule has 2 nitrogen and oxygen atoms in total. The maximum Gasteiger partial charge on any atom is 0.0367 e. The third kappa shape index (κ3) is 3.48. The van der Waals surface area contributed by atoms with Gasteiger partial charge in [-0.15, -0.1) is 0 Å². The molecule has 0 aromatic heterocycles. The topological polar surface area (TPSA) is 29.3 Å². The summed E-state index contributed by atoms with van der Waals surface area (Å²) in [6.07, 6.45) is 2.43. The lowest BCUT2D eigenvalue weighted by Gasteiger charge is -2.21. The SMILES string of the molecule is CC(C)C(N)CC1CCN(c2ccc(Br)cc2)C1. The lowest BCUT2D eigenvalue weighted by molar-refractivity contribution is 0.391. The van der Waals surface area contributed by atoms with Crippen molar-refractivity contribution in [3.63, 3.8) is 0 Å². The summed E-state index contributed by atoms with van der Waals surface area (Å²) in [5.74, 6) is 1.35. The Kier molecular flexibility index (Phi) is 4.68. The van der Waals surface area contributed by atoms with Crippen LogP contribution in [-0.4, -0.2) is 19.1 Å². The number of nitrogens with two attached hydrogens (primary N) is 1. The van der Waals surface area contributed by atoms with Gasteiger partial charge < -0.3 is 10.6 Å². The van der Waals surface area contributed by atoms with Crippen molar-refractivity contribution >= 4 is 21.6 Å². The van der Waals surface area contributed by atoms with Gasteiger partial charge in [-0.3, -0.25) is 0 Å². The molecule has 2 atom stereocenters. The highest BCUT2D eigenvalue weighted by molar-refractivity contribution is 9.10. The fourth-order valence-electron chi connectivity index (χ4n) is 2.57. The van der Waals surface area contributed by atoms with Crippen molar-refractivity contribution < 1.29 is 0 Å². The number of benzene rings is 1. The molecule has 0 saturated carbocycles. The lowest BCUT2D eigenvalue weighted by Crippen LogP contribution is -2.30. The highest BCUT2D eigenvalue weighted by atomic mass is 79.9. The van der Waals surface area contributed by atoms with Gasteiger partial charge in [-0.05, 0) is 48.9 Å². The lowest BCUT2D eigenvalue weighted by atomic mass is 9.93. The Morgan fingerprint density at radius 3 is 2.61 bits per heavy atom. The zero-order valence-corrected chi connectivity index (χ0v) is 12.9. The number of hydrogen-bond donors (Lipinski definition) is 1. The predicted octanol–water partition coefficient (Wildman–Crippen LogP) is 3.65. The molecule has 2 rings (SSSR count). The molecule has 0 aliphatic carbocycles. The first kappa shape index (κ1) is 13.9. The molecule has 0 radical (unpaired) electrons. The first-order valence-corrected chi connectivity index (χ1v) is 7.61. The summed E-state index contributed by atoms with van der Waals surface area (Å²) < 4.78 is 1.14. The first-order valence-electron chi connectivity index (χ1n) is 6.82. The van der Waals surface area contributed by atoms with E-state index in [-0.39, 0.29) is 0 Å². The molecule has 1 aliphatic heterocycles. The Balaban J connectivity index is 1.90. The first-order chi connectivity index (χ1) is 8.56. The molecule has 0 spiro atoms. The second-order valence-corrected chi connectivity index (χ2v) is 6.64. The van der Waals surface area contributed by atoms with Crippen LogP contribution in [-0.2, 0) is 0 Å². The van der Waals surface area contributed by atoms with Crippen molar-refractivity contribution in [3.05, 3.63) is 28.7 Å². The van der Waals surface area contributed by atoms with Crippen LogP contribution >= 0.6 is 15.9 Å². The normalized spacial score (nSPS) is 21.6. The molecule has 1 saturated heterocycles. The average molecular weight is 311 g/mol. The van der Waals surface area contributed by atoms with Gasteiger partial charge in [0.2, 0.25) is 0 Å². The van der Waals surface area contributed by atoms with Crippen LogP contribution in [0.1, 0.15) is 26.7 Å². The van der Waals surface area contributed by atoms with E-state index in [2.05, 4.69) is 58.9 Å². The number of rotatable bonds is 4. The molecular weight excluding hydrogens is 288 g/mol. The van der Waals surface area contributed by atoms with Crippen LogP contribution < -0.4 is 10.6 Å². The van der Waals surface area contributed by atoms with Gasteiger partial charge in [-0.25, -0.2) is 0 Å². The minimum Gasteiger partial charge on any atom is -0.371 e. The second kappa shape index (κ2) is 6.07. The van der Waals surface area contributed by atoms with Crippen LogP contribution in [0.25, 0.3) is 0 Å². The summed E-state index contributed by atoms with van der Waals surface area (Å²) in [5.41, 5.74) is 7.51. The largest absolute Gasteiger partial charge is 0.371 e. The number of nitrogens with zero attached hydrogens (tertiary/aromatic N) is 1. The third-order valence-corrected chi connectivity index (χ3v) is 4.47. The van der Waals surface area contributed by atoms with Crippen LogP contribution in [0.5, 0.6) is 0 Å². The quantitative estimate of drug-likeness (QED) is 0.919.